The molecular weight excluding hydrogens is 368 g/mol. The van der Waals surface area contributed by atoms with Crippen LogP contribution >= 0.6 is 0 Å². The molecule has 0 aromatic heterocycles. The van der Waals surface area contributed by atoms with Crippen molar-refractivity contribution < 1.29 is 27.9 Å². The van der Waals surface area contributed by atoms with E-state index < -0.39 is 40.8 Å². The lowest BCUT2D eigenvalue weighted by Gasteiger charge is -2.43. The van der Waals surface area contributed by atoms with Crippen molar-refractivity contribution in [3.05, 3.63) is 0 Å². The summed E-state index contributed by atoms with van der Waals surface area (Å²) in [7, 11) is -2.16. The van der Waals surface area contributed by atoms with Crippen LogP contribution in [-0.2, 0) is 27.9 Å². The molecule has 8 heteroatoms. The summed E-state index contributed by atoms with van der Waals surface area (Å²) in [6.07, 6.45) is -2.30. The lowest BCUT2D eigenvalue weighted by atomic mass is 10.2. The first-order chi connectivity index (χ1) is 11.4. The van der Waals surface area contributed by atoms with Crippen LogP contribution in [0.4, 0.5) is 0 Å². The van der Waals surface area contributed by atoms with Crippen molar-refractivity contribution in [2.24, 2.45) is 0 Å². The molecule has 0 aliphatic heterocycles. The van der Waals surface area contributed by atoms with E-state index in [-0.39, 0.29) is 10.1 Å². The Bertz CT molecular complexity index is 457. The van der Waals surface area contributed by atoms with E-state index >= 15 is 0 Å². The molecule has 0 N–H and O–H groups in total. The third-order valence-corrected chi connectivity index (χ3v) is 14.5. The minimum Gasteiger partial charge on any atom is -0.467 e. The minimum absolute atomic E-state index is 0.142. The monoisotopic (exact) mass is 406 g/mol. The lowest BCUT2D eigenvalue weighted by Crippen LogP contribution is -2.57. The van der Waals surface area contributed by atoms with E-state index in [1.165, 1.54) is 14.2 Å². The molecule has 26 heavy (non-hydrogen) atoms. The highest BCUT2D eigenvalue weighted by molar-refractivity contribution is 6.75. The van der Waals surface area contributed by atoms with Crippen molar-refractivity contribution in [3.63, 3.8) is 0 Å². The summed E-state index contributed by atoms with van der Waals surface area (Å²) in [6.45, 7) is 20.5. The molecule has 0 aliphatic carbocycles. The number of rotatable bonds is 7. The van der Waals surface area contributed by atoms with Crippen LogP contribution in [0.15, 0.2) is 0 Å². The second-order valence-corrected chi connectivity index (χ2v) is 19.2. The molecule has 0 heterocycles. The van der Waals surface area contributed by atoms with Gasteiger partial charge in [0.15, 0.2) is 28.8 Å². The lowest BCUT2D eigenvalue weighted by molar-refractivity contribution is -0.167. The van der Waals surface area contributed by atoms with Gasteiger partial charge in [-0.1, -0.05) is 41.5 Å². The van der Waals surface area contributed by atoms with Crippen LogP contribution in [-0.4, -0.2) is 55.0 Å². The Morgan fingerprint density at radius 2 is 0.885 bits per heavy atom. The van der Waals surface area contributed by atoms with Gasteiger partial charge in [-0.2, -0.15) is 0 Å². The Morgan fingerprint density at radius 3 is 1.04 bits per heavy atom. The van der Waals surface area contributed by atoms with Crippen LogP contribution in [0, 0.1) is 0 Å². The first-order valence-electron chi connectivity index (χ1n) is 8.92. The summed E-state index contributed by atoms with van der Waals surface area (Å²) < 4.78 is 22.4. The number of hydrogen-bond acceptors (Lipinski definition) is 6. The molecule has 0 fully saturated rings. The van der Waals surface area contributed by atoms with Crippen LogP contribution in [0.25, 0.3) is 0 Å². The van der Waals surface area contributed by atoms with Crippen LogP contribution in [0.5, 0.6) is 0 Å². The molecule has 0 amide bonds. The largest absolute Gasteiger partial charge is 0.467 e. The second-order valence-electron chi connectivity index (χ2n) is 9.64. The number of ether oxygens (including phenoxy) is 2. The van der Waals surface area contributed by atoms with Crippen molar-refractivity contribution >= 4 is 28.6 Å². The molecule has 0 saturated heterocycles. The fourth-order valence-electron chi connectivity index (χ4n) is 1.69. The van der Waals surface area contributed by atoms with Gasteiger partial charge in [-0.25, -0.2) is 9.59 Å². The van der Waals surface area contributed by atoms with Gasteiger partial charge in [0.1, 0.15) is 0 Å². The zero-order valence-corrected chi connectivity index (χ0v) is 20.6. The molecule has 0 spiro atoms. The minimum atomic E-state index is -2.36. The van der Waals surface area contributed by atoms with Gasteiger partial charge in [0, 0.05) is 0 Å². The van der Waals surface area contributed by atoms with E-state index in [9.17, 15) is 9.59 Å². The third-order valence-electron chi connectivity index (χ3n) is 5.60. The third kappa shape index (κ3) is 6.18. The standard InChI is InChI=1S/C18H38O6Si2/c1-17(2,3)25(9,10)23-13(15(19)21-7)14(16(20)22-8)24-26(11,12)18(4,5)6/h13-14H,1-12H3/t13-,14+. The van der Waals surface area contributed by atoms with Crippen molar-refractivity contribution in [1.82, 2.24) is 0 Å². The number of hydrogen-bond donors (Lipinski definition) is 0. The predicted molar refractivity (Wildman–Crippen MR) is 108 cm³/mol. The Morgan fingerprint density at radius 1 is 0.654 bits per heavy atom. The average molecular weight is 407 g/mol. The number of methoxy groups -OCH3 is 2. The van der Waals surface area contributed by atoms with Crippen LogP contribution in [0.1, 0.15) is 41.5 Å². The van der Waals surface area contributed by atoms with Gasteiger partial charge >= 0.3 is 11.9 Å². The van der Waals surface area contributed by atoms with Crippen molar-refractivity contribution in [1.29, 1.82) is 0 Å². The van der Waals surface area contributed by atoms with Gasteiger partial charge in [-0.15, -0.1) is 0 Å². The highest BCUT2D eigenvalue weighted by Crippen LogP contribution is 2.40. The molecule has 0 saturated carbocycles. The first-order valence-corrected chi connectivity index (χ1v) is 14.7. The fourth-order valence-corrected chi connectivity index (χ4v) is 4.10. The average Bonchev–Trinajstić information content (AvgIpc) is 2.46. The van der Waals surface area contributed by atoms with E-state index in [2.05, 4.69) is 41.5 Å². The summed E-state index contributed by atoms with van der Waals surface area (Å²) >= 11 is 0. The van der Waals surface area contributed by atoms with Crippen molar-refractivity contribution in [2.45, 2.75) is 90.0 Å². The summed E-state index contributed by atoms with van der Waals surface area (Å²) in [6, 6.07) is 0. The molecule has 0 radical (unpaired) electrons. The van der Waals surface area contributed by atoms with E-state index in [0.717, 1.165) is 0 Å². The summed E-state index contributed by atoms with van der Waals surface area (Å²) in [5.74, 6) is -1.24. The molecule has 0 unspecified atom stereocenters. The Kier molecular flexibility index (Phi) is 8.31. The van der Waals surface area contributed by atoms with Crippen molar-refractivity contribution in [2.75, 3.05) is 14.2 Å². The summed E-state index contributed by atoms with van der Waals surface area (Å²) in [5.41, 5.74) is 0. The zero-order valence-electron chi connectivity index (χ0n) is 18.6. The zero-order chi connectivity index (χ0) is 21.1. The highest BCUT2D eigenvalue weighted by atomic mass is 28.4. The molecule has 0 aliphatic rings. The predicted octanol–water partition coefficient (Wildman–Crippen LogP) is 4.11. The summed E-state index contributed by atoms with van der Waals surface area (Å²) in [5, 5.41) is -0.284. The van der Waals surface area contributed by atoms with Crippen molar-refractivity contribution in [3.8, 4) is 0 Å². The van der Waals surface area contributed by atoms with Gasteiger partial charge < -0.3 is 18.3 Å². The van der Waals surface area contributed by atoms with Gasteiger partial charge in [0.05, 0.1) is 14.2 Å². The maximum atomic E-state index is 12.5. The number of carbonyl (C=O) groups is 2. The number of carbonyl (C=O) groups excluding carboxylic acids is 2. The molecule has 0 bridgehead atoms. The molecular formula is C18H38O6Si2. The second kappa shape index (κ2) is 8.54. The summed E-state index contributed by atoms with van der Waals surface area (Å²) in [4.78, 5) is 25.0. The topological polar surface area (TPSA) is 71.1 Å². The van der Waals surface area contributed by atoms with Crippen LogP contribution in [0.3, 0.4) is 0 Å². The normalized spacial score (nSPS) is 16.0. The van der Waals surface area contributed by atoms with Gasteiger partial charge in [-0.3, -0.25) is 0 Å². The number of esters is 2. The Labute approximate surface area is 161 Å². The Hall–Kier alpha value is -0.706. The van der Waals surface area contributed by atoms with Gasteiger partial charge in [-0.05, 0) is 36.3 Å². The van der Waals surface area contributed by atoms with Gasteiger partial charge in [0.25, 0.3) is 0 Å². The van der Waals surface area contributed by atoms with Crippen LogP contribution < -0.4 is 0 Å². The molecule has 2 atom stereocenters. The molecule has 6 nitrogen and oxygen atoms in total. The molecule has 0 aromatic rings. The SMILES string of the molecule is COC(=O)[C@@H](O[Si](C)(C)C(C)(C)C)[C@@H](O[Si](C)(C)C(C)(C)C)C(=O)OC. The van der Waals surface area contributed by atoms with Crippen LogP contribution in [0.2, 0.25) is 36.3 Å². The molecule has 0 aromatic carbocycles. The maximum Gasteiger partial charge on any atom is 0.337 e. The van der Waals surface area contributed by atoms with E-state index in [0.29, 0.717) is 0 Å². The van der Waals surface area contributed by atoms with E-state index in [1.54, 1.807) is 0 Å². The Balaban J connectivity index is 6.02. The van der Waals surface area contributed by atoms with Gasteiger partial charge in [0.2, 0.25) is 0 Å². The first kappa shape index (κ1) is 25.3. The maximum absolute atomic E-state index is 12.5. The molecule has 0 rings (SSSR count). The van der Waals surface area contributed by atoms with E-state index in [4.69, 9.17) is 18.3 Å². The van der Waals surface area contributed by atoms with E-state index in [1.807, 2.05) is 26.2 Å². The molecule has 154 valence electrons. The quantitative estimate of drug-likeness (QED) is 0.468. The highest BCUT2D eigenvalue weighted by Gasteiger charge is 2.49. The smallest absolute Gasteiger partial charge is 0.337 e. The fraction of sp³-hybridized carbons (Fsp3) is 0.889.